The number of benzene rings is 2. The standard InChI is InChI=1S/C13H20OSi.C7H6O.C6H14Si/c1-5-9-13(14-15(2,3)4)12-10-7-6-8-11-12;8-6-7-4-2-1-3-5-7;1-5-6-7(2,3)4/h5-8,10-11,13H,1,9H2,2-4H3;1-6H;5H,1,6H2,2-4H3. The Hall–Kier alpha value is -2.02. The van der Waals surface area contributed by atoms with Crippen LogP contribution in [0.5, 0.6) is 0 Å². The molecule has 30 heavy (non-hydrogen) atoms. The van der Waals surface area contributed by atoms with Crippen LogP contribution in [0.4, 0.5) is 0 Å². The number of carbonyl (C=O) groups is 1. The van der Waals surface area contributed by atoms with Crippen molar-refractivity contribution in [2.24, 2.45) is 0 Å². The maximum Gasteiger partial charge on any atom is 0.184 e. The van der Waals surface area contributed by atoms with E-state index in [9.17, 15) is 4.79 Å². The van der Waals surface area contributed by atoms with Crippen molar-refractivity contribution in [3.05, 3.63) is 97.1 Å². The highest BCUT2D eigenvalue weighted by Crippen LogP contribution is 2.25. The highest BCUT2D eigenvalue weighted by atomic mass is 28.4. The SMILES string of the molecule is C=CCC(O[Si](C)(C)C)c1ccccc1.C=CC[Si](C)(C)C.O=Cc1ccccc1. The van der Waals surface area contributed by atoms with Gasteiger partial charge in [-0.3, -0.25) is 4.79 Å². The molecule has 0 fully saturated rings. The first-order valence-corrected chi connectivity index (χ1v) is 17.6. The Morgan fingerprint density at radius 1 is 0.833 bits per heavy atom. The molecule has 2 aromatic rings. The zero-order valence-corrected chi connectivity index (χ0v) is 21.7. The van der Waals surface area contributed by atoms with Crippen LogP contribution in [0.1, 0.15) is 28.4 Å². The van der Waals surface area contributed by atoms with Crippen LogP contribution in [0, 0.1) is 0 Å². The average molecular weight is 441 g/mol. The monoisotopic (exact) mass is 440 g/mol. The van der Waals surface area contributed by atoms with Gasteiger partial charge < -0.3 is 4.43 Å². The first kappa shape index (κ1) is 28.0. The van der Waals surface area contributed by atoms with Gasteiger partial charge in [0.2, 0.25) is 0 Å². The molecule has 164 valence electrons. The Kier molecular flexibility index (Phi) is 13.9. The molecule has 0 saturated carbocycles. The second-order valence-corrected chi connectivity index (χ2v) is 19.2. The second kappa shape index (κ2) is 14.9. The molecule has 0 saturated heterocycles. The normalized spacial score (nSPS) is 11.7. The Morgan fingerprint density at radius 2 is 1.33 bits per heavy atom. The van der Waals surface area contributed by atoms with Crippen LogP contribution in [0.25, 0.3) is 0 Å². The minimum absolute atomic E-state index is 0.176. The van der Waals surface area contributed by atoms with Crippen LogP contribution in [0.2, 0.25) is 45.3 Å². The van der Waals surface area contributed by atoms with E-state index in [-0.39, 0.29) is 6.10 Å². The molecule has 4 heteroatoms. The quantitative estimate of drug-likeness (QED) is 0.235. The zero-order valence-electron chi connectivity index (χ0n) is 19.7. The van der Waals surface area contributed by atoms with Crippen molar-refractivity contribution in [2.45, 2.75) is 57.9 Å². The predicted octanol–water partition coefficient (Wildman–Crippen LogP) is 8.17. The number of allylic oxidation sites excluding steroid dienone is 1. The summed E-state index contributed by atoms with van der Waals surface area (Å²) in [6.45, 7) is 21.1. The molecular formula is C26H40O2Si2. The molecule has 0 spiro atoms. The Bertz CT molecular complexity index is 714. The van der Waals surface area contributed by atoms with Gasteiger partial charge in [0.1, 0.15) is 6.29 Å². The number of hydrogen-bond acceptors (Lipinski definition) is 2. The highest BCUT2D eigenvalue weighted by Gasteiger charge is 2.21. The lowest BCUT2D eigenvalue weighted by atomic mass is 10.1. The summed E-state index contributed by atoms with van der Waals surface area (Å²) in [7, 11) is -2.26. The minimum Gasteiger partial charge on any atom is -0.410 e. The molecule has 0 aliphatic carbocycles. The van der Waals surface area contributed by atoms with E-state index in [1.807, 2.05) is 36.4 Å². The van der Waals surface area contributed by atoms with Gasteiger partial charge in [0.05, 0.1) is 6.10 Å². The number of aldehydes is 1. The lowest BCUT2D eigenvalue weighted by molar-refractivity contribution is 0.112. The average Bonchev–Trinajstić information content (AvgIpc) is 2.68. The van der Waals surface area contributed by atoms with Crippen molar-refractivity contribution in [2.75, 3.05) is 0 Å². The fourth-order valence-electron chi connectivity index (χ4n) is 2.46. The minimum atomic E-state index is -1.49. The molecule has 0 aromatic heterocycles. The molecule has 0 radical (unpaired) electrons. The van der Waals surface area contributed by atoms with Gasteiger partial charge in [-0.15, -0.1) is 13.2 Å². The number of rotatable bonds is 8. The van der Waals surface area contributed by atoms with E-state index in [1.165, 1.54) is 11.6 Å². The summed E-state index contributed by atoms with van der Waals surface area (Å²) in [4.78, 5) is 10.0. The van der Waals surface area contributed by atoms with Crippen molar-refractivity contribution in [3.63, 3.8) is 0 Å². The first-order chi connectivity index (χ1) is 14.0. The summed E-state index contributed by atoms with van der Waals surface area (Å²) in [6, 6.07) is 20.7. The molecule has 2 rings (SSSR count). The molecule has 0 aliphatic heterocycles. The molecule has 0 amide bonds. The lowest BCUT2D eigenvalue weighted by Crippen LogP contribution is -2.27. The van der Waals surface area contributed by atoms with Crippen molar-refractivity contribution >= 4 is 22.7 Å². The second-order valence-electron chi connectivity index (χ2n) is 9.24. The molecule has 1 atom stereocenters. The Balaban J connectivity index is 0.000000471. The highest BCUT2D eigenvalue weighted by molar-refractivity contribution is 6.76. The number of hydrogen-bond donors (Lipinski definition) is 0. The molecule has 2 nitrogen and oxygen atoms in total. The van der Waals surface area contributed by atoms with Crippen molar-refractivity contribution < 1.29 is 9.22 Å². The van der Waals surface area contributed by atoms with Crippen LogP contribution in [0.3, 0.4) is 0 Å². The third-order valence-corrected chi connectivity index (χ3v) is 6.25. The molecular weight excluding hydrogens is 400 g/mol. The summed E-state index contributed by atoms with van der Waals surface area (Å²) in [5, 5.41) is 0. The Labute approximate surface area is 186 Å². The first-order valence-electron chi connectivity index (χ1n) is 10.5. The van der Waals surface area contributed by atoms with E-state index in [0.29, 0.717) is 0 Å². The van der Waals surface area contributed by atoms with E-state index < -0.39 is 16.4 Å². The predicted molar refractivity (Wildman–Crippen MR) is 139 cm³/mol. The van der Waals surface area contributed by atoms with Gasteiger partial charge >= 0.3 is 0 Å². The van der Waals surface area contributed by atoms with Gasteiger partial charge in [0.25, 0.3) is 0 Å². The van der Waals surface area contributed by atoms with Gasteiger partial charge in [0, 0.05) is 13.6 Å². The van der Waals surface area contributed by atoms with Crippen molar-refractivity contribution in [1.82, 2.24) is 0 Å². The summed E-state index contributed by atoms with van der Waals surface area (Å²) in [5.41, 5.74) is 1.98. The fraction of sp³-hybridized carbons (Fsp3) is 0.346. The number of carbonyl (C=O) groups excluding carboxylic acids is 1. The van der Waals surface area contributed by atoms with Gasteiger partial charge in [-0.25, -0.2) is 0 Å². The lowest BCUT2D eigenvalue weighted by Gasteiger charge is -2.26. The molecule has 0 N–H and O–H groups in total. The van der Waals surface area contributed by atoms with Crippen molar-refractivity contribution in [1.29, 1.82) is 0 Å². The van der Waals surface area contributed by atoms with Crippen molar-refractivity contribution in [3.8, 4) is 0 Å². The fourth-order valence-corrected chi connectivity index (χ4v) is 4.41. The zero-order chi connectivity index (χ0) is 23.0. The maximum atomic E-state index is 10.0. The van der Waals surface area contributed by atoms with Crippen LogP contribution in [-0.2, 0) is 4.43 Å². The molecule has 1 unspecified atom stereocenters. The molecule has 2 aromatic carbocycles. The summed E-state index contributed by atoms with van der Waals surface area (Å²) >= 11 is 0. The van der Waals surface area contributed by atoms with E-state index in [4.69, 9.17) is 4.43 Å². The summed E-state index contributed by atoms with van der Waals surface area (Å²) < 4.78 is 6.13. The molecule has 0 bridgehead atoms. The maximum absolute atomic E-state index is 10.0. The van der Waals surface area contributed by atoms with E-state index in [2.05, 4.69) is 76.7 Å². The summed E-state index contributed by atoms with van der Waals surface area (Å²) in [5.74, 6) is 0. The summed E-state index contributed by atoms with van der Waals surface area (Å²) in [6.07, 6.45) is 5.84. The smallest absolute Gasteiger partial charge is 0.184 e. The van der Waals surface area contributed by atoms with Gasteiger partial charge in [0.15, 0.2) is 8.32 Å². The third kappa shape index (κ3) is 15.9. The molecule has 0 aliphatic rings. The van der Waals surface area contributed by atoms with E-state index >= 15 is 0 Å². The Morgan fingerprint density at radius 3 is 1.63 bits per heavy atom. The largest absolute Gasteiger partial charge is 0.410 e. The van der Waals surface area contributed by atoms with E-state index in [1.54, 1.807) is 12.1 Å². The van der Waals surface area contributed by atoms with Gasteiger partial charge in [-0.05, 0) is 37.7 Å². The van der Waals surface area contributed by atoms with Crippen LogP contribution in [0.15, 0.2) is 86.0 Å². The third-order valence-electron chi connectivity index (χ3n) is 3.74. The van der Waals surface area contributed by atoms with Crippen LogP contribution in [-0.4, -0.2) is 22.7 Å². The van der Waals surface area contributed by atoms with E-state index in [0.717, 1.165) is 18.3 Å². The molecule has 0 heterocycles. The van der Waals surface area contributed by atoms with Gasteiger partial charge in [-0.1, -0.05) is 92.5 Å². The van der Waals surface area contributed by atoms with Crippen LogP contribution < -0.4 is 0 Å². The van der Waals surface area contributed by atoms with Gasteiger partial charge in [-0.2, -0.15) is 0 Å². The van der Waals surface area contributed by atoms with Crippen LogP contribution >= 0.6 is 0 Å². The topological polar surface area (TPSA) is 26.3 Å².